The molecule has 0 spiro atoms. The lowest BCUT2D eigenvalue weighted by atomic mass is 10.1. The third-order valence-electron chi connectivity index (χ3n) is 2.66. The van der Waals surface area contributed by atoms with Gasteiger partial charge in [0.05, 0.1) is 23.5 Å². The summed E-state index contributed by atoms with van der Waals surface area (Å²) in [5, 5.41) is 5.11. The smallest absolute Gasteiger partial charge is 0.0967 e. The molecule has 1 unspecified atom stereocenters. The van der Waals surface area contributed by atoms with Crippen molar-refractivity contribution in [2.75, 3.05) is 19.8 Å². The van der Waals surface area contributed by atoms with Crippen molar-refractivity contribution in [1.29, 1.82) is 0 Å². The van der Waals surface area contributed by atoms with E-state index in [4.69, 9.17) is 4.74 Å². The molecule has 4 heteroatoms. The highest BCUT2D eigenvalue weighted by molar-refractivity contribution is 8.00. The second-order valence-electron chi connectivity index (χ2n) is 3.98. The van der Waals surface area contributed by atoms with Crippen LogP contribution in [0.4, 0.5) is 0 Å². The van der Waals surface area contributed by atoms with Crippen molar-refractivity contribution in [3.05, 3.63) is 23.9 Å². The first-order chi connectivity index (χ1) is 7.79. The number of nitrogens with zero attached hydrogens (tertiary/aromatic N) is 1. The van der Waals surface area contributed by atoms with Gasteiger partial charge in [0.15, 0.2) is 0 Å². The fraction of sp³-hybridized carbons (Fsp3) is 0.583. The summed E-state index contributed by atoms with van der Waals surface area (Å²) in [7, 11) is 0. The van der Waals surface area contributed by atoms with Gasteiger partial charge in [0.2, 0.25) is 0 Å². The number of aromatic nitrogens is 1. The molecule has 16 heavy (non-hydrogen) atoms. The van der Waals surface area contributed by atoms with E-state index in [0.717, 1.165) is 24.8 Å². The molecule has 0 aliphatic carbocycles. The maximum atomic E-state index is 5.16. The van der Waals surface area contributed by atoms with Crippen molar-refractivity contribution in [2.24, 2.45) is 0 Å². The van der Waals surface area contributed by atoms with E-state index in [1.165, 1.54) is 5.56 Å². The summed E-state index contributed by atoms with van der Waals surface area (Å²) in [5.74, 6) is 0. The zero-order chi connectivity index (χ0) is 11.4. The molecule has 0 amide bonds. The second kappa shape index (κ2) is 5.66. The average molecular weight is 238 g/mol. The largest absolute Gasteiger partial charge is 0.379 e. The lowest BCUT2D eigenvalue weighted by molar-refractivity contribution is 0.0454. The lowest BCUT2D eigenvalue weighted by Gasteiger charge is -2.25. The molecule has 0 aromatic carbocycles. The highest BCUT2D eigenvalue weighted by Crippen LogP contribution is 2.27. The maximum absolute atomic E-state index is 5.16. The van der Waals surface area contributed by atoms with Crippen LogP contribution >= 0.6 is 11.8 Å². The predicted octanol–water partition coefficient (Wildman–Crippen LogP) is 2.24. The van der Waals surface area contributed by atoms with Crippen molar-refractivity contribution in [3.8, 4) is 0 Å². The van der Waals surface area contributed by atoms with Gasteiger partial charge >= 0.3 is 0 Å². The minimum atomic E-state index is 0.394. The summed E-state index contributed by atoms with van der Waals surface area (Å²) in [6.45, 7) is 7.01. The molecule has 1 fully saturated rings. The highest BCUT2D eigenvalue weighted by Gasteiger charge is 2.20. The van der Waals surface area contributed by atoms with Gasteiger partial charge in [-0.3, -0.25) is 0 Å². The number of ether oxygens (including phenoxy) is 1. The number of nitrogens with one attached hydrogen (secondary N) is 1. The number of rotatable bonds is 5. The molecule has 3 nitrogen and oxygen atoms in total. The quantitative estimate of drug-likeness (QED) is 0.853. The number of thioether (sulfide) groups is 1. The van der Waals surface area contributed by atoms with Gasteiger partial charge in [-0.2, -0.15) is 0 Å². The topological polar surface area (TPSA) is 34.2 Å². The van der Waals surface area contributed by atoms with E-state index in [-0.39, 0.29) is 0 Å². The Bertz CT molecular complexity index is 342. The maximum Gasteiger partial charge on any atom is 0.0967 e. The van der Waals surface area contributed by atoms with Gasteiger partial charge in [-0.15, -0.1) is 0 Å². The van der Waals surface area contributed by atoms with Crippen molar-refractivity contribution in [3.63, 3.8) is 0 Å². The zero-order valence-corrected chi connectivity index (χ0v) is 10.6. The third-order valence-corrected chi connectivity index (χ3v) is 3.73. The van der Waals surface area contributed by atoms with Crippen LogP contribution < -0.4 is 5.32 Å². The van der Waals surface area contributed by atoms with Crippen LogP contribution in [0.5, 0.6) is 0 Å². The van der Waals surface area contributed by atoms with Crippen LogP contribution in [-0.4, -0.2) is 30.0 Å². The van der Waals surface area contributed by atoms with E-state index in [2.05, 4.69) is 36.3 Å². The molecule has 1 aliphatic rings. The van der Waals surface area contributed by atoms with Gasteiger partial charge in [0, 0.05) is 12.2 Å². The molecule has 2 rings (SSSR count). The first kappa shape index (κ1) is 11.9. The summed E-state index contributed by atoms with van der Waals surface area (Å²) in [6.07, 6.45) is 1.89. The minimum Gasteiger partial charge on any atom is -0.379 e. The van der Waals surface area contributed by atoms with Crippen LogP contribution in [-0.2, 0) is 4.74 Å². The monoisotopic (exact) mass is 238 g/mol. The SMILES string of the molecule is CCNC(C)c1ccnc(SC2COC2)c1. The van der Waals surface area contributed by atoms with Gasteiger partial charge in [0.1, 0.15) is 0 Å². The molecule has 1 aromatic heterocycles. The van der Waals surface area contributed by atoms with Crippen molar-refractivity contribution >= 4 is 11.8 Å². The molecular formula is C12H18N2OS. The molecule has 1 N–H and O–H groups in total. The molecule has 1 atom stereocenters. The van der Waals surface area contributed by atoms with Gasteiger partial charge < -0.3 is 10.1 Å². The summed E-state index contributed by atoms with van der Waals surface area (Å²) in [6, 6.07) is 4.65. The van der Waals surface area contributed by atoms with Crippen LogP contribution in [0.25, 0.3) is 0 Å². The van der Waals surface area contributed by atoms with E-state index in [9.17, 15) is 0 Å². The molecule has 1 aromatic rings. The van der Waals surface area contributed by atoms with E-state index >= 15 is 0 Å². The van der Waals surface area contributed by atoms with Crippen LogP contribution in [0.15, 0.2) is 23.4 Å². The molecule has 1 saturated heterocycles. The third kappa shape index (κ3) is 2.97. The number of hydrogen-bond acceptors (Lipinski definition) is 4. The van der Waals surface area contributed by atoms with Crippen molar-refractivity contribution in [2.45, 2.75) is 30.2 Å². The van der Waals surface area contributed by atoms with E-state index in [0.29, 0.717) is 11.3 Å². The Kier molecular flexibility index (Phi) is 4.21. The minimum absolute atomic E-state index is 0.394. The van der Waals surface area contributed by atoms with Gasteiger partial charge in [-0.25, -0.2) is 4.98 Å². The number of pyridine rings is 1. The Hall–Kier alpha value is -0.580. The number of hydrogen-bond donors (Lipinski definition) is 1. The van der Waals surface area contributed by atoms with E-state index < -0.39 is 0 Å². The molecule has 0 saturated carbocycles. The van der Waals surface area contributed by atoms with Gasteiger partial charge in [-0.05, 0) is 31.2 Å². The molecular weight excluding hydrogens is 220 g/mol. The summed E-state index contributed by atoms with van der Waals surface area (Å²) < 4.78 is 5.16. The highest BCUT2D eigenvalue weighted by atomic mass is 32.2. The molecule has 0 bridgehead atoms. The molecule has 2 heterocycles. The fourth-order valence-corrected chi connectivity index (χ4v) is 2.63. The van der Waals surface area contributed by atoms with Crippen LogP contribution in [0.1, 0.15) is 25.5 Å². The van der Waals surface area contributed by atoms with Crippen molar-refractivity contribution in [1.82, 2.24) is 10.3 Å². The normalized spacial score (nSPS) is 18.1. The van der Waals surface area contributed by atoms with Crippen LogP contribution in [0, 0.1) is 0 Å². The van der Waals surface area contributed by atoms with Crippen LogP contribution in [0.2, 0.25) is 0 Å². The predicted molar refractivity (Wildman–Crippen MR) is 66.8 cm³/mol. The summed E-state index contributed by atoms with van der Waals surface area (Å²) in [5.41, 5.74) is 1.31. The Labute approximate surface area is 101 Å². The van der Waals surface area contributed by atoms with Gasteiger partial charge in [-0.1, -0.05) is 18.7 Å². The first-order valence-corrected chi connectivity index (χ1v) is 6.61. The van der Waals surface area contributed by atoms with Crippen LogP contribution in [0.3, 0.4) is 0 Å². The van der Waals surface area contributed by atoms with E-state index in [1.54, 1.807) is 0 Å². The molecule has 0 radical (unpaired) electrons. The van der Waals surface area contributed by atoms with E-state index in [1.807, 2.05) is 18.0 Å². The Morgan fingerprint density at radius 1 is 1.62 bits per heavy atom. The Morgan fingerprint density at radius 3 is 3.06 bits per heavy atom. The first-order valence-electron chi connectivity index (χ1n) is 5.73. The Morgan fingerprint density at radius 2 is 2.44 bits per heavy atom. The second-order valence-corrected chi connectivity index (χ2v) is 5.30. The standard InChI is InChI=1S/C12H18N2OS/c1-3-13-9(2)10-4-5-14-12(6-10)16-11-7-15-8-11/h4-6,9,11,13H,3,7-8H2,1-2H3. The fourth-order valence-electron chi connectivity index (χ4n) is 1.64. The molecule has 88 valence electrons. The zero-order valence-electron chi connectivity index (χ0n) is 9.77. The summed E-state index contributed by atoms with van der Waals surface area (Å²) in [4.78, 5) is 4.38. The average Bonchev–Trinajstić information content (AvgIpc) is 2.24. The lowest BCUT2D eigenvalue weighted by Crippen LogP contribution is -2.30. The van der Waals surface area contributed by atoms with Gasteiger partial charge in [0.25, 0.3) is 0 Å². The Balaban J connectivity index is 2.00. The van der Waals surface area contributed by atoms with Crippen molar-refractivity contribution < 1.29 is 4.74 Å². The molecule has 1 aliphatic heterocycles. The summed E-state index contributed by atoms with van der Waals surface area (Å²) >= 11 is 1.82.